The summed E-state index contributed by atoms with van der Waals surface area (Å²) in [5.41, 5.74) is 25.6. The van der Waals surface area contributed by atoms with Crippen LogP contribution in [0.2, 0.25) is 0 Å². The number of pyridine rings is 4. The highest BCUT2D eigenvalue weighted by Crippen LogP contribution is 2.37. The molecule has 27 nitrogen and oxygen atoms in total. The van der Waals surface area contributed by atoms with Gasteiger partial charge in [0.2, 0.25) is 23.8 Å². The molecule has 4 saturated heterocycles. The van der Waals surface area contributed by atoms with E-state index in [0.29, 0.717) is 42.5 Å². The molecule has 0 bridgehead atoms. The summed E-state index contributed by atoms with van der Waals surface area (Å²) in [5, 5.41) is 40.2. The van der Waals surface area contributed by atoms with Crippen LogP contribution in [0.1, 0.15) is 117 Å². The molecule has 0 spiro atoms. The number of hydrogen-bond acceptors (Lipinski definition) is 23. The van der Waals surface area contributed by atoms with Gasteiger partial charge in [0.05, 0.1) is 43.1 Å². The minimum Gasteiger partial charge on any atom is -0.496 e. The first-order valence-electron chi connectivity index (χ1n) is 48.2. The number of rotatable bonds is 30. The highest BCUT2D eigenvalue weighted by atomic mass is 16.6. The molecule has 0 amide bonds. The summed E-state index contributed by atoms with van der Waals surface area (Å²) in [6.07, 6.45) is 21.1. The van der Waals surface area contributed by atoms with Crippen LogP contribution < -0.4 is 40.4 Å². The standard InChI is InChI=1S/C28H31N5O2.C28H33N5O.C27H32N6.C25H25N7O/c1-2-16-32(15-1)17-4-6-21-9-12-23(13-10-21)29-28-30-27-8-3-7-24(33(27)31-28)22-11-14-25-26(20-22)35-19-5-18-34-25;1-20-18-23(19-21(2)27(20)34-3)25-9-6-10-26-30-28(31-33(25)26)29-24-13-11-22(12-14-24)8-7-17-32-15-4-5-16-32;1-31(2)24-16-12-22(13-17-24)25-8-5-9-26-29-27(30-33(25)26)28-23-14-10-21(11-15-23)7-6-20-32-18-3-4-19-32;1-2-15-31(14-1)16-4-5-18-8-11-20(12-9-18)26-25-27-24-7-3-6-23(32(24)28-25)19-10-13-21-22(17-19)30-33-29-21/h3,7-14,20H,1-2,4-6,15-19H2,(H,29,31);6,9-14,18-19H,4-5,7-8,15-17H2,1-3H3,(H,29,31);5,8-17H,3-4,6-7,18-20H2,1-2H3,(H,28,30);3,6-13,17H,1-2,4-5,14-16H2,(H,26,28). The molecule has 0 radical (unpaired) electrons. The van der Waals surface area contributed by atoms with E-state index < -0.39 is 0 Å². The van der Waals surface area contributed by atoms with Crippen molar-refractivity contribution in [2.24, 2.45) is 0 Å². The monoisotopic (exact) mass is 1800 g/mol. The Hall–Kier alpha value is -14.1. The molecule has 0 atom stereocenters. The Morgan fingerprint density at radius 1 is 0.326 bits per heavy atom. The first kappa shape index (κ1) is 90.1. The van der Waals surface area contributed by atoms with Gasteiger partial charge in [-0.05, 0) is 390 Å². The van der Waals surface area contributed by atoms with Crippen molar-refractivity contribution in [3.63, 3.8) is 0 Å². The summed E-state index contributed by atoms with van der Waals surface area (Å²) in [7, 11) is 5.81. The molecule has 9 aromatic heterocycles. The van der Waals surface area contributed by atoms with Crippen molar-refractivity contribution in [1.82, 2.24) is 88.3 Å². The van der Waals surface area contributed by atoms with Gasteiger partial charge < -0.3 is 60.0 Å². The molecular formula is C108H121N23O4. The van der Waals surface area contributed by atoms with E-state index in [0.717, 1.165) is 156 Å². The number of nitrogens with one attached hydrogen (secondary N) is 4. The molecule has 27 heteroatoms. The van der Waals surface area contributed by atoms with E-state index in [4.69, 9.17) is 49.2 Å². The second-order valence-corrected chi connectivity index (χ2v) is 36.1. The lowest BCUT2D eigenvalue weighted by atomic mass is 10.0. The van der Waals surface area contributed by atoms with Crippen molar-refractivity contribution >= 4 is 85.9 Å². The number of aryl methyl sites for hydroxylation is 6. The van der Waals surface area contributed by atoms with Gasteiger partial charge in [-0.15, -0.1) is 20.4 Å². The SMILES string of the molecule is CN(C)c1ccc(-c2cccc3nc(Nc4ccc(CCCN5CCCC5)cc4)nn23)cc1.COc1c(C)cc(-c2cccc3nc(Nc4ccc(CCCN5CCCC5)cc4)nn23)cc1C.c1cc(-c2ccc3c(c2)OCCCO3)n2nc(Nc3ccc(CCCN4CCCC4)cc3)nc2c1.c1cc(-c2ccc3nonc3c2)n2nc(Nc3ccc(CCCN4CCCC4)cc3)nc2c1. The van der Waals surface area contributed by atoms with Crippen LogP contribution >= 0.6 is 0 Å². The summed E-state index contributed by atoms with van der Waals surface area (Å²) in [6, 6.07) is 83.2. The van der Waals surface area contributed by atoms with Gasteiger partial charge in [-0.3, -0.25) is 0 Å². The third-order valence-electron chi connectivity index (χ3n) is 26.1. The number of hydrogen-bond donors (Lipinski definition) is 4. The Morgan fingerprint density at radius 3 is 1.01 bits per heavy atom. The van der Waals surface area contributed by atoms with Crippen molar-refractivity contribution in [2.75, 3.05) is 139 Å². The Bertz CT molecular complexity index is 6740. The molecule has 0 aliphatic carbocycles. The van der Waals surface area contributed by atoms with Crippen molar-refractivity contribution in [3.8, 4) is 62.3 Å². The van der Waals surface area contributed by atoms with Gasteiger partial charge in [0.25, 0.3) is 0 Å². The summed E-state index contributed by atoms with van der Waals surface area (Å²) in [5.74, 6) is 4.83. The van der Waals surface area contributed by atoms with Gasteiger partial charge in [-0.1, -0.05) is 91.0 Å². The van der Waals surface area contributed by atoms with Gasteiger partial charge in [0.15, 0.2) is 34.1 Å². The molecule has 692 valence electrons. The summed E-state index contributed by atoms with van der Waals surface area (Å²) in [4.78, 5) is 31.1. The van der Waals surface area contributed by atoms with Crippen LogP contribution in [-0.2, 0) is 25.7 Å². The largest absolute Gasteiger partial charge is 0.496 e. The molecule has 4 N–H and O–H groups in total. The quantitative estimate of drug-likeness (QED) is 0.0326. The average Bonchev–Trinajstić information content (AvgIpc) is 1.65. The first-order chi connectivity index (χ1) is 66.4. The number of likely N-dealkylation sites (tertiary alicyclic amines) is 4. The van der Waals surface area contributed by atoms with Crippen LogP contribution in [0.15, 0.2) is 247 Å². The normalized spacial score (nSPS) is 14.6. The molecule has 4 fully saturated rings. The van der Waals surface area contributed by atoms with Gasteiger partial charge in [0, 0.05) is 71.2 Å². The lowest BCUT2D eigenvalue weighted by Crippen LogP contribution is -2.20. The predicted molar refractivity (Wildman–Crippen MR) is 540 cm³/mol. The molecule has 8 aromatic carbocycles. The Labute approximate surface area is 788 Å². The van der Waals surface area contributed by atoms with Gasteiger partial charge in [0.1, 0.15) is 16.8 Å². The van der Waals surface area contributed by atoms with Gasteiger partial charge in [-0.2, -0.15) is 19.9 Å². The lowest BCUT2D eigenvalue weighted by molar-refractivity contribution is 0.297. The zero-order chi connectivity index (χ0) is 91.6. The maximum atomic E-state index is 5.88. The molecule has 0 unspecified atom stereocenters. The topological polar surface area (TPSA) is 252 Å². The zero-order valence-electron chi connectivity index (χ0n) is 78.1. The molecule has 5 aliphatic heterocycles. The molecule has 5 aliphatic rings. The van der Waals surface area contributed by atoms with E-state index in [1.807, 2.05) is 129 Å². The predicted octanol–water partition coefficient (Wildman–Crippen LogP) is 21.1. The number of nitrogens with zero attached hydrogens (tertiary/aromatic N) is 19. The number of aromatic nitrogens is 14. The van der Waals surface area contributed by atoms with E-state index in [2.05, 4.69) is 225 Å². The van der Waals surface area contributed by atoms with Crippen LogP contribution in [-0.4, -0.2) is 201 Å². The van der Waals surface area contributed by atoms with E-state index in [-0.39, 0.29) is 0 Å². The molecule has 0 saturated carbocycles. The Morgan fingerprint density at radius 2 is 0.652 bits per heavy atom. The maximum Gasteiger partial charge on any atom is 0.247 e. The van der Waals surface area contributed by atoms with Crippen molar-refractivity contribution in [2.45, 2.75) is 123 Å². The summed E-state index contributed by atoms with van der Waals surface area (Å²) in [6.45, 7) is 20.5. The van der Waals surface area contributed by atoms with Crippen LogP contribution in [0.25, 0.3) is 78.7 Å². The molecular weight excluding hydrogens is 1680 g/mol. The minimum absolute atomic E-state index is 0.563. The number of methoxy groups -OCH3 is 1. The highest BCUT2D eigenvalue weighted by molar-refractivity contribution is 5.81. The Balaban J connectivity index is 0.000000116. The van der Waals surface area contributed by atoms with Crippen molar-refractivity contribution in [3.05, 3.63) is 276 Å². The molecule has 17 aromatic rings. The molecule has 14 heterocycles. The van der Waals surface area contributed by atoms with Crippen LogP contribution in [0.5, 0.6) is 17.2 Å². The average molecular weight is 1810 g/mol. The van der Waals surface area contributed by atoms with E-state index in [1.165, 1.54) is 184 Å². The van der Waals surface area contributed by atoms with E-state index >= 15 is 0 Å². The smallest absolute Gasteiger partial charge is 0.247 e. The number of benzene rings is 8. The lowest BCUT2D eigenvalue weighted by Gasteiger charge is -2.14. The Kier molecular flexibility index (Phi) is 28.9. The third-order valence-corrected chi connectivity index (χ3v) is 26.1. The number of anilines is 9. The van der Waals surface area contributed by atoms with Crippen molar-refractivity contribution in [1.29, 1.82) is 0 Å². The molecule has 22 rings (SSSR count). The summed E-state index contributed by atoms with van der Waals surface area (Å²) < 4.78 is 29.5. The molecule has 135 heavy (non-hydrogen) atoms. The van der Waals surface area contributed by atoms with E-state index in [9.17, 15) is 0 Å². The van der Waals surface area contributed by atoms with Crippen molar-refractivity contribution < 1.29 is 18.8 Å². The van der Waals surface area contributed by atoms with Gasteiger partial charge >= 0.3 is 0 Å². The number of ether oxygens (including phenoxy) is 3. The van der Waals surface area contributed by atoms with Gasteiger partial charge in [-0.25, -0.2) is 22.7 Å². The van der Waals surface area contributed by atoms with Crippen LogP contribution in [0.3, 0.4) is 0 Å². The fourth-order valence-electron chi connectivity index (χ4n) is 18.9. The highest BCUT2D eigenvalue weighted by Gasteiger charge is 2.22. The second-order valence-electron chi connectivity index (χ2n) is 36.1. The zero-order valence-corrected chi connectivity index (χ0v) is 78.1. The van der Waals surface area contributed by atoms with Crippen LogP contribution in [0, 0.1) is 13.8 Å². The van der Waals surface area contributed by atoms with E-state index in [1.54, 1.807) is 7.11 Å². The fraction of sp³-hybridized carbons (Fsp3) is 0.333. The number of fused-ring (bicyclic) bond motifs is 6. The third kappa shape index (κ3) is 22.9. The first-order valence-corrected chi connectivity index (χ1v) is 48.2. The second kappa shape index (κ2) is 43.3. The van der Waals surface area contributed by atoms with Crippen LogP contribution in [0.4, 0.5) is 52.2 Å². The maximum absolute atomic E-state index is 5.88. The minimum atomic E-state index is 0.563. The fourth-order valence-corrected chi connectivity index (χ4v) is 18.9. The summed E-state index contributed by atoms with van der Waals surface area (Å²) >= 11 is 0.